The third kappa shape index (κ3) is 3.11. The molecule has 0 aromatic carbocycles. The number of rotatable bonds is 2. The molecular formula is C12H22N2O2. The molecule has 2 aliphatic rings. The summed E-state index contributed by atoms with van der Waals surface area (Å²) in [5.74, 6) is 1.17. The molecule has 2 atom stereocenters. The molecule has 2 fully saturated rings. The van der Waals surface area contributed by atoms with Crippen molar-refractivity contribution in [1.82, 2.24) is 10.2 Å². The number of ether oxygens (including phenoxy) is 1. The monoisotopic (exact) mass is 226 g/mol. The van der Waals surface area contributed by atoms with E-state index in [2.05, 4.69) is 12.2 Å². The summed E-state index contributed by atoms with van der Waals surface area (Å²) in [5, 5.41) is 3.02. The van der Waals surface area contributed by atoms with Crippen LogP contribution in [0.3, 0.4) is 0 Å². The number of carbonyl (C=O) groups excluding carboxylic acids is 1. The van der Waals surface area contributed by atoms with E-state index in [4.69, 9.17) is 4.74 Å². The number of urea groups is 1. The van der Waals surface area contributed by atoms with Gasteiger partial charge in [-0.15, -0.1) is 0 Å². The maximum absolute atomic E-state index is 11.9. The minimum atomic E-state index is 0.110. The molecule has 0 aromatic rings. The van der Waals surface area contributed by atoms with Gasteiger partial charge in [-0.1, -0.05) is 6.92 Å². The van der Waals surface area contributed by atoms with E-state index in [0.29, 0.717) is 11.8 Å². The maximum Gasteiger partial charge on any atom is 0.317 e. The van der Waals surface area contributed by atoms with Crippen molar-refractivity contribution in [2.75, 3.05) is 32.8 Å². The van der Waals surface area contributed by atoms with Gasteiger partial charge < -0.3 is 15.0 Å². The van der Waals surface area contributed by atoms with E-state index in [-0.39, 0.29) is 6.03 Å². The second kappa shape index (κ2) is 5.53. The highest BCUT2D eigenvalue weighted by Gasteiger charge is 2.22. The molecule has 0 bridgehead atoms. The predicted octanol–water partition coefficient (Wildman–Crippen LogP) is 1.46. The molecule has 16 heavy (non-hydrogen) atoms. The third-order valence-corrected chi connectivity index (χ3v) is 3.51. The van der Waals surface area contributed by atoms with Crippen LogP contribution < -0.4 is 5.32 Å². The number of likely N-dealkylation sites (tertiary alicyclic amines) is 1. The Morgan fingerprint density at radius 2 is 2.38 bits per heavy atom. The lowest BCUT2D eigenvalue weighted by atomic mass is 10.0. The van der Waals surface area contributed by atoms with Crippen molar-refractivity contribution in [2.24, 2.45) is 11.8 Å². The fourth-order valence-corrected chi connectivity index (χ4v) is 2.46. The zero-order valence-corrected chi connectivity index (χ0v) is 10.1. The van der Waals surface area contributed by atoms with Gasteiger partial charge in [-0.05, 0) is 25.2 Å². The van der Waals surface area contributed by atoms with Crippen LogP contribution in [0.2, 0.25) is 0 Å². The van der Waals surface area contributed by atoms with Gasteiger partial charge in [0, 0.05) is 32.2 Å². The van der Waals surface area contributed by atoms with E-state index in [0.717, 1.165) is 45.7 Å². The number of piperidine rings is 1. The Kier molecular flexibility index (Phi) is 4.04. The van der Waals surface area contributed by atoms with E-state index in [9.17, 15) is 4.79 Å². The predicted molar refractivity (Wildman–Crippen MR) is 62.3 cm³/mol. The molecule has 2 heterocycles. The second-order valence-electron chi connectivity index (χ2n) is 5.11. The van der Waals surface area contributed by atoms with Crippen LogP contribution in [-0.2, 0) is 4.74 Å². The zero-order chi connectivity index (χ0) is 11.4. The molecule has 0 aromatic heterocycles. The van der Waals surface area contributed by atoms with Gasteiger partial charge >= 0.3 is 6.03 Å². The van der Waals surface area contributed by atoms with Crippen molar-refractivity contribution < 1.29 is 9.53 Å². The number of carbonyl (C=O) groups is 1. The normalized spacial score (nSPS) is 30.4. The van der Waals surface area contributed by atoms with Crippen LogP contribution >= 0.6 is 0 Å². The van der Waals surface area contributed by atoms with E-state index < -0.39 is 0 Å². The number of amides is 2. The smallest absolute Gasteiger partial charge is 0.317 e. The quantitative estimate of drug-likeness (QED) is 0.774. The maximum atomic E-state index is 11.9. The first-order valence-electron chi connectivity index (χ1n) is 6.36. The fraction of sp³-hybridized carbons (Fsp3) is 0.917. The van der Waals surface area contributed by atoms with Gasteiger partial charge in [-0.25, -0.2) is 4.79 Å². The van der Waals surface area contributed by atoms with E-state index in [1.54, 1.807) is 0 Å². The molecule has 0 aliphatic carbocycles. The first-order chi connectivity index (χ1) is 7.75. The number of hydrogen-bond donors (Lipinski definition) is 1. The van der Waals surface area contributed by atoms with Crippen molar-refractivity contribution in [2.45, 2.75) is 26.2 Å². The Balaban J connectivity index is 1.70. The Morgan fingerprint density at radius 1 is 1.50 bits per heavy atom. The standard InChI is InChI=1S/C12H22N2O2/c1-10-3-2-5-14(8-10)12(15)13-7-11-4-6-16-9-11/h10-11H,2-9H2,1H3,(H,13,15). The minimum absolute atomic E-state index is 0.110. The summed E-state index contributed by atoms with van der Waals surface area (Å²) in [6.45, 7) is 6.45. The molecule has 2 rings (SSSR count). The topological polar surface area (TPSA) is 41.6 Å². The van der Waals surface area contributed by atoms with Crippen LogP contribution in [0, 0.1) is 11.8 Å². The third-order valence-electron chi connectivity index (χ3n) is 3.51. The molecule has 0 saturated carbocycles. The van der Waals surface area contributed by atoms with Crippen LogP contribution in [0.5, 0.6) is 0 Å². The molecule has 2 unspecified atom stereocenters. The van der Waals surface area contributed by atoms with Crippen LogP contribution in [0.1, 0.15) is 26.2 Å². The molecule has 4 nitrogen and oxygen atoms in total. The second-order valence-corrected chi connectivity index (χ2v) is 5.11. The van der Waals surface area contributed by atoms with Gasteiger partial charge in [0.1, 0.15) is 0 Å². The molecule has 1 N–H and O–H groups in total. The molecule has 0 spiro atoms. The average molecular weight is 226 g/mol. The Bertz CT molecular complexity index is 239. The van der Waals surface area contributed by atoms with Crippen molar-refractivity contribution in [1.29, 1.82) is 0 Å². The highest BCUT2D eigenvalue weighted by molar-refractivity contribution is 5.74. The van der Waals surface area contributed by atoms with Crippen LogP contribution in [-0.4, -0.2) is 43.8 Å². The molecule has 2 amide bonds. The van der Waals surface area contributed by atoms with Gasteiger partial charge in [0.15, 0.2) is 0 Å². The van der Waals surface area contributed by atoms with E-state index >= 15 is 0 Å². The number of hydrogen-bond acceptors (Lipinski definition) is 2. The van der Waals surface area contributed by atoms with Gasteiger partial charge in [0.25, 0.3) is 0 Å². The Hall–Kier alpha value is -0.770. The van der Waals surface area contributed by atoms with E-state index in [1.807, 2.05) is 4.90 Å². The van der Waals surface area contributed by atoms with Crippen molar-refractivity contribution in [3.8, 4) is 0 Å². The summed E-state index contributed by atoms with van der Waals surface area (Å²) < 4.78 is 5.29. The van der Waals surface area contributed by atoms with Gasteiger partial charge in [-0.2, -0.15) is 0 Å². The molecule has 0 radical (unpaired) electrons. The zero-order valence-electron chi connectivity index (χ0n) is 10.1. The molecule has 4 heteroatoms. The molecular weight excluding hydrogens is 204 g/mol. The molecule has 2 aliphatic heterocycles. The first-order valence-corrected chi connectivity index (χ1v) is 6.36. The Morgan fingerprint density at radius 3 is 3.06 bits per heavy atom. The van der Waals surface area contributed by atoms with Gasteiger partial charge in [-0.3, -0.25) is 0 Å². The van der Waals surface area contributed by atoms with E-state index in [1.165, 1.54) is 6.42 Å². The summed E-state index contributed by atoms with van der Waals surface area (Å²) in [7, 11) is 0. The highest BCUT2D eigenvalue weighted by Crippen LogP contribution is 2.15. The lowest BCUT2D eigenvalue weighted by Crippen LogP contribution is -2.46. The van der Waals surface area contributed by atoms with Crippen molar-refractivity contribution >= 4 is 6.03 Å². The molecule has 92 valence electrons. The summed E-state index contributed by atoms with van der Waals surface area (Å²) in [5.41, 5.74) is 0. The summed E-state index contributed by atoms with van der Waals surface area (Å²) in [4.78, 5) is 13.8. The van der Waals surface area contributed by atoms with Crippen LogP contribution in [0.25, 0.3) is 0 Å². The summed E-state index contributed by atoms with van der Waals surface area (Å²) >= 11 is 0. The van der Waals surface area contributed by atoms with Crippen molar-refractivity contribution in [3.05, 3.63) is 0 Å². The number of nitrogens with one attached hydrogen (secondary N) is 1. The lowest BCUT2D eigenvalue weighted by Gasteiger charge is -2.31. The summed E-state index contributed by atoms with van der Waals surface area (Å²) in [6, 6.07) is 0.110. The Labute approximate surface area is 97.3 Å². The lowest BCUT2D eigenvalue weighted by molar-refractivity contribution is 0.165. The number of nitrogens with zero attached hydrogens (tertiary/aromatic N) is 1. The minimum Gasteiger partial charge on any atom is -0.381 e. The van der Waals surface area contributed by atoms with Crippen LogP contribution in [0.4, 0.5) is 4.79 Å². The van der Waals surface area contributed by atoms with Crippen LogP contribution in [0.15, 0.2) is 0 Å². The SMILES string of the molecule is CC1CCCN(C(=O)NCC2CCOC2)C1. The van der Waals surface area contributed by atoms with Crippen molar-refractivity contribution in [3.63, 3.8) is 0 Å². The van der Waals surface area contributed by atoms with Gasteiger partial charge in [0.2, 0.25) is 0 Å². The van der Waals surface area contributed by atoms with Gasteiger partial charge in [0.05, 0.1) is 6.61 Å². The highest BCUT2D eigenvalue weighted by atomic mass is 16.5. The largest absolute Gasteiger partial charge is 0.381 e. The first kappa shape index (κ1) is 11.7. The summed E-state index contributed by atoms with van der Waals surface area (Å²) in [6.07, 6.45) is 3.47. The molecule has 2 saturated heterocycles. The fourth-order valence-electron chi connectivity index (χ4n) is 2.46. The average Bonchev–Trinajstić information content (AvgIpc) is 2.78.